The maximum atomic E-state index is 13.4. The number of benzene rings is 3. The molecule has 4 rings (SSSR count). The van der Waals surface area contributed by atoms with Crippen molar-refractivity contribution < 1.29 is 14.0 Å². The second-order valence-electron chi connectivity index (χ2n) is 8.30. The van der Waals surface area contributed by atoms with E-state index in [9.17, 15) is 14.0 Å². The van der Waals surface area contributed by atoms with Crippen molar-refractivity contribution in [2.24, 2.45) is 0 Å². The molecule has 1 aliphatic heterocycles. The van der Waals surface area contributed by atoms with Crippen molar-refractivity contribution in [2.45, 2.75) is 31.2 Å². The van der Waals surface area contributed by atoms with Crippen LogP contribution < -0.4 is 5.32 Å². The Morgan fingerprint density at radius 1 is 0.812 bits per heavy atom. The van der Waals surface area contributed by atoms with Crippen molar-refractivity contribution in [3.8, 4) is 0 Å². The van der Waals surface area contributed by atoms with E-state index in [2.05, 4.69) is 5.32 Å². The number of hydrogen-bond acceptors (Lipinski definition) is 2. The van der Waals surface area contributed by atoms with Gasteiger partial charge < -0.3 is 10.2 Å². The molecule has 32 heavy (non-hydrogen) atoms. The number of amides is 2. The van der Waals surface area contributed by atoms with E-state index in [1.165, 1.54) is 12.1 Å². The van der Waals surface area contributed by atoms with E-state index >= 15 is 0 Å². The van der Waals surface area contributed by atoms with Gasteiger partial charge in [0.1, 0.15) is 5.82 Å². The molecule has 1 aliphatic rings. The molecule has 1 N–H and O–H groups in total. The van der Waals surface area contributed by atoms with E-state index in [0.717, 1.165) is 16.7 Å². The summed E-state index contributed by atoms with van der Waals surface area (Å²) < 4.78 is 13.1. The summed E-state index contributed by atoms with van der Waals surface area (Å²) in [7, 11) is 0. The number of nitrogens with one attached hydrogen (secondary N) is 1. The maximum Gasteiger partial charge on any atom is 0.231 e. The van der Waals surface area contributed by atoms with Gasteiger partial charge in [0.2, 0.25) is 11.8 Å². The molecule has 2 amide bonds. The Kier molecular flexibility index (Phi) is 6.64. The van der Waals surface area contributed by atoms with Gasteiger partial charge in [-0.15, -0.1) is 0 Å². The van der Waals surface area contributed by atoms with Crippen LogP contribution in [0.1, 0.15) is 29.5 Å². The Labute approximate surface area is 188 Å². The molecule has 3 aromatic rings. The van der Waals surface area contributed by atoms with Crippen LogP contribution in [-0.2, 0) is 28.0 Å². The van der Waals surface area contributed by atoms with E-state index in [-0.39, 0.29) is 24.1 Å². The number of hydrogen-bond donors (Lipinski definition) is 1. The predicted octanol–water partition coefficient (Wildman–Crippen LogP) is 4.25. The van der Waals surface area contributed by atoms with Gasteiger partial charge in [0.25, 0.3) is 0 Å². The van der Waals surface area contributed by atoms with Crippen molar-refractivity contribution in [3.05, 3.63) is 107 Å². The van der Waals surface area contributed by atoms with Crippen LogP contribution >= 0.6 is 0 Å². The van der Waals surface area contributed by atoms with Crippen molar-refractivity contribution in [1.82, 2.24) is 10.2 Å². The van der Waals surface area contributed by atoms with E-state index in [4.69, 9.17) is 0 Å². The van der Waals surface area contributed by atoms with Crippen LogP contribution in [0.2, 0.25) is 0 Å². The minimum Gasteiger partial charge on any atom is -0.351 e. The van der Waals surface area contributed by atoms with Gasteiger partial charge in [0.15, 0.2) is 0 Å². The lowest BCUT2D eigenvalue weighted by Gasteiger charge is -2.41. The van der Waals surface area contributed by atoms with E-state index in [1.54, 1.807) is 12.1 Å². The number of carbonyl (C=O) groups excluding carboxylic acids is 2. The molecule has 1 saturated heterocycles. The van der Waals surface area contributed by atoms with Gasteiger partial charge in [-0.3, -0.25) is 9.59 Å². The first-order valence-electron chi connectivity index (χ1n) is 11.0. The van der Waals surface area contributed by atoms with Gasteiger partial charge in [-0.25, -0.2) is 4.39 Å². The molecule has 3 aromatic carbocycles. The van der Waals surface area contributed by atoms with E-state index in [1.807, 2.05) is 65.6 Å². The summed E-state index contributed by atoms with van der Waals surface area (Å²) in [6.45, 7) is 1.49. The molecule has 0 spiro atoms. The normalized spacial score (nSPS) is 15.2. The van der Waals surface area contributed by atoms with Crippen LogP contribution in [0, 0.1) is 5.82 Å². The Morgan fingerprint density at radius 3 is 2.03 bits per heavy atom. The van der Waals surface area contributed by atoms with Gasteiger partial charge in [-0.05, 0) is 41.7 Å². The standard InChI is InChI=1S/C27H27FN2O2/c28-24-13-11-21(12-14-24)19-25(31)30-17-15-27(16-18-30,23-9-5-2-6-10-23)26(32)29-20-22-7-3-1-4-8-22/h1-14H,15-20H2,(H,29,32). The molecule has 5 heteroatoms. The van der Waals surface area contributed by atoms with Crippen LogP contribution in [0.15, 0.2) is 84.9 Å². The van der Waals surface area contributed by atoms with Crippen molar-refractivity contribution in [1.29, 1.82) is 0 Å². The lowest BCUT2D eigenvalue weighted by atomic mass is 9.72. The zero-order valence-corrected chi connectivity index (χ0v) is 18.0. The van der Waals surface area contributed by atoms with Crippen LogP contribution in [0.3, 0.4) is 0 Å². The molecule has 0 atom stereocenters. The number of carbonyl (C=O) groups is 2. The summed E-state index contributed by atoms with van der Waals surface area (Å²) in [5.41, 5.74) is 2.16. The Morgan fingerprint density at radius 2 is 1.41 bits per heavy atom. The minimum atomic E-state index is -0.664. The van der Waals surface area contributed by atoms with Crippen molar-refractivity contribution in [3.63, 3.8) is 0 Å². The molecule has 0 saturated carbocycles. The van der Waals surface area contributed by atoms with Gasteiger partial charge in [-0.1, -0.05) is 72.8 Å². The average Bonchev–Trinajstić information content (AvgIpc) is 2.85. The highest BCUT2D eigenvalue weighted by atomic mass is 19.1. The summed E-state index contributed by atoms with van der Waals surface area (Å²) in [6, 6.07) is 25.7. The third kappa shape index (κ3) is 4.88. The summed E-state index contributed by atoms with van der Waals surface area (Å²) >= 11 is 0. The summed E-state index contributed by atoms with van der Waals surface area (Å²) in [5, 5.41) is 3.12. The molecule has 4 nitrogen and oxygen atoms in total. The first-order chi connectivity index (χ1) is 15.6. The first kappa shape index (κ1) is 21.8. The zero-order valence-electron chi connectivity index (χ0n) is 18.0. The number of rotatable bonds is 6. The third-order valence-electron chi connectivity index (χ3n) is 6.30. The Balaban J connectivity index is 1.46. The quantitative estimate of drug-likeness (QED) is 0.636. The zero-order chi connectivity index (χ0) is 22.4. The number of likely N-dealkylation sites (tertiary alicyclic amines) is 1. The van der Waals surface area contributed by atoms with E-state index in [0.29, 0.717) is 32.5 Å². The summed E-state index contributed by atoms with van der Waals surface area (Å²) in [4.78, 5) is 28.1. The van der Waals surface area contributed by atoms with Crippen molar-refractivity contribution >= 4 is 11.8 Å². The smallest absolute Gasteiger partial charge is 0.231 e. The van der Waals surface area contributed by atoms with Crippen molar-refractivity contribution in [2.75, 3.05) is 13.1 Å². The largest absolute Gasteiger partial charge is 0.351 e. The maximum absolute atomic E-state index is 13.4. The molecular weight excluding hydrogens is 403 g/mol. The predicted molar refractivity (Wildman–Crippen MR) is 122 cm³/mol. The first-order valence-corrected chi connectivity index (χ1v) is 11.0. The van der Waals surface area contributed by atoms with Gasteiger partial charge in [0.05, 0.1) is 11.8 Å². The third-order valence-corrected chi connectivity index (χ3v) is 6.30. The lowest BCUT2D eigenvalue weighted by molar-refractivity contribution is -0.136. The molecule has 0 radical (unpaired) electrons. The fourth-order valence-corrected chi connectivity index (χ4v) is 4.38. The number of halogens is 1. The second-order valence-corrected chi connectivity index (χ2v) is 8.30. The molecular formula is C27H27FN2O2. The molecule has 1 heterocycles. The highest BCUT2D eigenvalue weighted by Crippen LogP contribution is 2.36. The topological polar surface area (TPSA) is 49.4 Å². The number of nitrogens with zero attached hydrogens (tertiary/aromatic N) is 1. The van der Waals surface area contributed by atoms with Gasteiger partial charge in [0, 0.05) is 19.6 Å². The summed E-state index contributed by atoms with van der Waals surface area (Å²) in [6.07, 6.45) is 1.36. The molecule has 0 aliphatic carbocycles. The molecule has 0 aromatic heterocycles. The lowest BCUT2D eigenvalue weighted by Crippen LogP contribution is -2.52. The minimum absolute atomic E-state index is 0.00168. The highest BCUT2D eigenvalue weighted by molar-refractivity contribution is 5.89. The highest BCUT2D eigenvalue weighted by Gasteiger charge is 2.43. The Bertz CT molecular complexity index is 1040. The number of piperidine rings is 1. The van der Waals surface area contributed by atoms with Crippen LogP contribution in [0.4, 0.5) is 4.39 Å². The monoisotopic (exact) mass is 430 g/mol. The summed E-state index contributed by atoms with van der Waals surface area (Å²) in [5.74, 6) is -0.311. The van der Waals surface area contributed by atoms with Crippen LogP contribution in [-0.4, -0.2) is 29.8 Å². The Hall–Kier alpha value is -3.47. The molecule has 164 valence electrons. The SMILES string of the molecule is O=C(Cc1ccc(F)cc1)N1CCC(C(=O)NCc2ccccc2)(c2ccccc2)CC1. The van der Waals surface area contributed by atoms with Gasteiger partial charge >= 0.3 is 0 Å². The van der Waals surface area contributed by atoms with Crippen LogP contribution in [0.25, 0.3) is 0 Å². The fraction of sp³-hybridized carbons (Fsp3) is 0.259. The average molecular weight is 431 g/mol. The molecule has 1 fully saturated rings. The molecule has 0 bridgehead atoms. The second kappa shape index (κ2) is 9.77. The fourth-order valence-electron chi connectivity index (χ4n) is 4.38. The van der Waals surface area contributed by atoms with Gasteiger partial charge in [-0.2, -0.15) is 0 Å². The van der Waals surface area contributed by atoms with E-state index < -0.39 is 5.41 Å². The van der Waals surface area contributed by atoms with Crippen LogP contribution in [0.5, 0.6) is 0 Å². The molecule has 0 unspecified atom stereocenters.